The lowest BCUT2D eigenvalue weighted by Crippen LogP contribution is -2.44. The predicted molar refractivity (Wildman–Crippen MR) is 84.2 cm³/mol. The number of ether oxygens (including phenoxy) is 1. The molecule has 1 amide bonds. The average molecular weight is 320 g/mol. The number of carbonyl (C=O) groups is 1. The summed E-state index contributed by atoms with van der Waals surface area (Å²) in [6, 6.07) is 13.4. The maximum atomic E-state index is 12.2. The molecule has 0 saturated carbocycles. The summed E-state index contributed by atoms with van der Waals surface area (Å²) in [5.74, 6) is -0.00558. The van der Waals surface area contributed by atoms with Crippen LogP contribution in [0.3, 0.4) is 0 Å². The lowest BCUT2D eigenvalue weighted by molar-refractivity contribution is 0.0484. The maximum Gasteiger partial charge on any atom is 0.287 e. The van der Waals surface area contributed by atoms with Gasteiger partial charge < -0.3 is 14.5 Å². The van der Waals surface area contributed by atoms with Crippen LogP contribution < -0.4 is 5.32 Å². The highest BCUT2D eigenvalue weighted by atomic mass is 35.5. The highest BCUT2D eigenvalue weighted by molar-refractivity contribution is 6.29. The molecule has 0 bridgehead atoms. The number of nitrogens with one attached hydrogen (secondary N) is 1. The lowest BCUT2D eigenvalue weighted by Gasteiger charge is -2.37. The van der Waals surface area contributed by atoms with E-state index in [2.05, 4.69) is 17.4 Å². The highest BCUT2D eigenvalue weighted by Crippen LogP contribution is 2.34. The van der Waals surface area contributed by atoms with Gasteiger partial charge in [0.1, 0.15) is 0 Å². The molecule has 0 atom stereocenters. The molecule has 1 aliphatic rings. The van der Waals surface area contributed by atoms with Crippen molar-refractivity contribution in [3.8, 4) is 0 Å². The van der Waals surface area contributed by atoms with Gasteiger partial charge in [0.15, 0.2) is 11.0 Å². The number of hydrogen-bond acceptors (Lipinski definition) is 3. The Labute approximate surface area is 134 Å². The van der Waals surface area contributed by atoms with Crippen molar-refractivity contribution in [2.45, 2.75) is 18.3 Å². The van der Waals surface area contributed by atoms with Crippen LogP contribution in [-0.2, 0) is 10.2 Å². The fraction of sp³-hybridized carbons (Fsp3) is 0.353. The Balaban J connectivity index is 1.75. The quantitative estimate of drug-likeness (QED) is 0.939. The number of hydrogen-bond donors (Lipinski definition) is 1. The molecule has 1 aromatic carbocycles. The Kier molecular flexibility index (Phi) is 4.50. The van der Waals surface area contributed by atoms with E-state index in [9.17, 15) is 4.79 Å². The van der Waals surface area contributed by atoms with Gasteiger partial charge in [0, 0.05) is 25.2 Å². The Morgan fingerprint density at radius 2 is 1.86 bits per heavy atom. The third-order valence-electron chi connectivity index (χ3n) is 4.22. The molecule has 2 heterocycles. The van der Waals surface area contributed by atoms with Crippen LogP contribution in [-0.4, -0.2) is 25.7 Å². The molecule has 22 heavy (non-hydrogen) atoms. The van der Waals surface area contributed by atoms with Crippen LogP contribution in [0.4, 0.5) is 0 Å². The van der Waals surface area contributed by atoms with E-state index in [0.29, 0.717) is 19.8 Å². The van der Waals surface area contributed by atoms with Crippen molar-refractivity contribution in [3.63, 3.8) is 0 Å². The number of furan rings is 1. The molecule has 0 spiro atoms. The van der Waals surface area contributed by atoms with Crippen molar-refractivity contribution in [1.29, 1.82) is 0 Å². The second-order valence-corrected chi connectivity index (χ2v) is 5.92. The van der Waals surface area contributed by atoms with E-state index in [1.54, 1.807) is 12.1 Å². The zero-order valence-electron chi connectivity index (χ0n) is 12.2. The van der Waals surface area contributed by atoms with Gasteiger partial charge in [0.25, 0.3) is 5.91 Å². The summed E-state index contributed by atoms with van der Waals surface area (Å²) in [7, 11) is 0. The van der Waals surface area contributed by atoms with Crippen LogP contribution in [0.1, 0.15) is 29.0 Å². The third kappa shape index (κ3) is 3.18. The first-order chi connectivity index (χ1) is 10.7. The molecule has 116 valence electrons. The summed E-state index contributed by atoms with van der Waals surface area (Å²) in [6.07, 6.45) is 1.77. The Morgan fingerprint density at radius 1 is 1.14 bits per heavy atom. The van der Waals surface area contributed by atoms with Crippen molar-refractivity contribution >= 4 is 17.5 Å². The minimum absolute atomic E-state index is 0.0917. The largest absolute Gasteiger partial charge is 0.440 e. The maximum absolute atomic E-state index is 12.2. The fourth-order valence-corrected chi connectivity index (χ4v) is 3.04. The standard InChI is InChI=1S/C17H18ClNO3/c18-15-7-6-14(22-15)16(20)19-12-17(8-10-21-11-9-17)13-4-2-1-3-5-13/h1-7H,8-12H2,(H,19,20). The smallest absolute Gasteiger partial charge is 0.287 e. The van der Waals surface area contributed by atoms with Gasteiger partial charge >= 0.3 is 0 Å². The number of carbonyl (C=O) groups excluding carboxylic acids is 1. The summed E-state index contributed by atoms with van der Waals surface area (Å²) in [5, 5.41) is 3.19. The van der Waals surface area contributed by atoms with Gasteiger partial charge in [-0.25, -0.2) is 0 Å². The molecule has 0 radical (unpaired) electrons. The first-order valence-corrected chi connectivity index (χ1v) is 7.74. The Bertz CT molecular complexity index is 632. The Morgan fingerprint density at radius 3 is 2.50 bits per heavy atom. The highest BCUT2D eigenvalue weighted by Gasteiger charge is 2.35. The van der Waals surface area contributed by atoms with E-state index in [0.717, 1.165) is 12.8 Å². The molecule has 0 aliphatic carbocycles. The molecule has 1 saturated heterocycles. The molecule has 1 aromatic heterocycles. The van der Waals surface area contributed by atoms with Gasteiger partial charge in [0.2, 0.25) is 0 Å². The van der Waals surface area contributed by atoms with Crippen LogP contribution in [0.2, 0.25) is 5.22 Å². The van der Waals surface area contributed by atoms with Gasteiger partial charge in [-0.1, -0.05) is 30.3 Å². The summed E-state index contributed by atoms with van der Waals surface area (Å²) in [5.41, 5.74) is 1.14. The SMILES string of the molecule is O=C(NCC1(c2ccccc2)CCOCC1)c1ccc(Cl)o1. The van der Waals surface area contributed by atoms with Gasteiger partial charge in [-0.3, -0.25) is 4.79 Å². The van der Waals surface area contributed by atoms with E-state index >= 15 is 0 Å². The first kappa shape index (κ1) is 15.1. The van der Waals surface area contributed by atoms with E-state index in [4.69, 9.17) is 20.8 Å². The zero-order chi connectivity index (χ0) is 15.4. The van der Waals surface area contributed by atoms with Crippen LogP contribution in [0.25, 0.3) is 0 Å². The van der Waals surface area contributed by atoms with Gasteiger partial charge in [-0.2, -0.15) is 0 Å². The van der Waals surface area contributed by atoms with Crippen molar-refractivity contribution in [2.75, 3.05) is 19.8 Å². The second-order valence-electron chi connectivity index (χ2n) is 5.55. The van der Waals surface area contributed by atoms with Crippen molar-refractivity contribution < 1.29 is 13.9 Å². The minimum atomic E-state index is -0.242. The molecule has 1 N–H and O–H groups in total. The third-order valence-corrected chi connectivity index (χ3v) is 4.42. The molecule has 5 heteroatoms. The first-order valence-electron chi connectivity index (χ1n) is 7.36. The monoisotopic (exact) mass is 319 g/mol. The lowest BCUT2D eigenvalue weighted by atomic mass is 9.74. The molecule has 1 aliphatic heterocycles. The van der Waals surface area contributed by atoms with Crippen LogP contribution in [0.15, 0.2) is 46.9 Å². The van der Waals surface area contributed by atoms with E-state index in [1.165, 1.54) is 5.56 Å². The van der Waals surface area contributed by atoms with E-state index in [1.807, 2.05) is 18.2 Å². The molecular formula is C17H18ClNO3. The van der Waals surface area contributed by atoms with Gasteiger partial charge in [-0.15, -0.1) is 0 Å². The van der Waals surface area contributed by atoms with Crippen LogP contribution in [0, 0.1) is 0 Å². The van der Waals surface area contributed by atoms with Crippen LogP contribution >= 0.6 is 11.6 Å². The van der Waals surface area contributed by atoms with E-state index < -0.39 is 0 Å². The average Bonchev–Trinajstić information content (AvgIpc) is 3.01. The Hall–Kier alpha value is -1.78. The number of rotatable bonds is 4. The van der Waals surface area contributed by atoms with E-state index in [-0.39, 0.29) is 22.3 Å². The molecule has 4 nitrogen and oxygen atoms in total. The molecule has 3 rings (SSSR count). The summed E-state index contributed by atoms with van der Waals surface area (Å²) < 4.78 is 10.6. The number of amides is 1. The minimum Gasteiger partial charge on any atom is -0.440 e. The normalized spacial score (nSPS) is 17.1. The fourth-order valence-electron chi connectivity index (χ4n) is 2.89. The van der Waals surface area contributed by atoms with Crippen molar-refractivity contribution in [1.82, 2.24) is 5.32 Å². The number of halogens is 1. The molecular weight excluding hydrogens is 302 g/mol. The molecule has 1 fully saturated rings. The van der Waals surface area contributed by atoms with Crippen molar-refractivity contribution in [3.05, 3.63) is 59.0 Å². The summed E-state index contributed by atoms with van der Waals surface area (Å²) in [6.45, 7) is 1.96. The topological polar surface area (TPSA) is 51.5 Å². The molecule has 0 unspecified atom stereocenters. The van der Waals surface area contributed by atoms with Gasteiger partial charge in [0.05, 0.1) is 0 Å². The summed E-state index contributed by atoms with van der Waals surface area (Å²) in [4.78, 5) is 12.2. The molecule has 2 aromatic rings. The second kappa shape index (κ2) is 6.55. The predicted octanol–water partition coefficient (Wildman–Crippen LogP) is 3.41. The zero-order valence-corrected chi connectivity index (χ0v) is 12.9. The summed E-state index contributed by atoms with van der Waals surface area (Å²) >= 11 is 5.71. The number of benzene rings is 1. The van der Waals surface area contributed by atoms with Crippen molar-refractivity contribution in [2.24, 2.45) is 0 Å². The van der Waals surface area contributed by atoms with Gasteiger partial charge in [-0.05, 0) is 42.1 Å². The van der Waals surface area contributed by atoms with Crippen LogP contribution in [0.5, 0.6) is 0 Å².